The molecule has 1 fully saturated rings. The highest BCUT2D eigenvalue weighted by molar-refractivity contribution is 6.03. The monoisotopic (exact) mass is 254 g/mol. The standard InChI is InChI=1S/C17H22N2/c1-18(2)15-10-6-8-14-9-7-11-16(17(14)15)19-12-4-3-5-13-19/h6-11H,3-5,12-13H2,1-2H3. The summed E-state index contributed by atoms with van der Waals surface area (Å²) >= 11 is 0. The van der Waals surface area contributed by atoms with Crippen molar-refractivity contribution in [3.05, 3.63) is 36.4 Å². The number of anilines is 2. The second-order valence-electron chi connectivity index (χ2n) is 5.59. The van der Waals surface area contributed by atoms with Crippen LogP contribution in [0.3, 0.4) is 0 Å². The molecule has 2 aromatic carbocycles. The van der Waals surface area contributed by atoms with Gasteiger partial charge in [0.2, 0.25) is 0 Å². The summed E-state index contributed by atoms with van der Waals surface area (Å²) in [6.07, 6.45) is 4.02. The molecule has 2 heteroatoms. The maximum absolute atomic E-state index is 2.55. The molecule has 0 aromatic heterocycles. The summed E-state index contributed by atoms with van der Waals surface area (Å²) in [7, 11) is 4.25. The molecule has 0 spiro atoms. The zero-order valence-electron chi connectivity index (χ0n) is 11.9. The van der Waals surface area contributed by atoms with Crippen LogP contribution in [0.4, 0.5) is 11.4 Å². The Morgan fingerprint density at radius 2 is 1.58 bits per heavy atom. The van der Waals surface area contributed by atoms with E-state index in [1.165, 1.54) is 54.5 Å². The number of nitrogens with zero attached hydrogens (tertiary/aromatic N) is 2. The number of hydrogen-bond acceptors (Lipinski definition) is 2. The van der Waals surface area contributed by atoms with Gasteiger partial charge in [0.1, 0.15) is 0 Å². The average molecular weight is 254 g/mol. The van der Waals surface area contributed by atoms with Crippen molar-refractivity contribution in [1.29, 1.82) is 0 Å². The van der Waals surface area contributed by atoms with Crippen molar-refractivity contribution < 1.29 is 0 Å². The highest BCUT2D eigenvalue weighted by atomic mass is 15.1. The molecule has 0 radical (unpaired) electrons. The Balaban J connectivity index is 2.17. The minimum atomic E-state index is 1.20. The van der Waals surface area contributed by atoms with E-state index < -0.39 is 0 Å². The van der Waals surface area contributed by atoms with Crippen LogP contribution in [0.5, 0.6) is 0 Å². The van der Waals surface area contributed by atoms with Gasteiger partial charge in [-0.15, -0.1) is 0 Å². The van der Waals surface area contributed by atoms with Crippen LogP contribution in [0.2, 0.25) is 0 Å². The molecule has 1 aliphatic rings. The van der Waals surface area contributed by atoms with Crippen LogP contribution >= 0.6 is 0 Å². The molecule has 2 aromatic rings. The first-order valence-corrected chi connectivity index (χ1v) is 7.21. The first-order chi connectivity index (χ1) is 9.27. The zero-order valence-corrected chi connectivity index (χ0v) is 11.9. The Hall–Kier alpha value is -1.70. The third-order valence-corrected chi connectivity index (χ3v) is 4.04. The van der Waals surface area contributed by atoms with Gasteiger partial charge in [-0.05, 0) is 36.8 Å². The number of benzene rings is 2. The van der Waals surface area contributed by atoms with Crippen LogP contribution in [-0.2, 0) is 0 Å². The van der Waals surface area contributed by atoms with Crippen LogP contribution in [0, 0.1) is 0 Å². The fourth-order valence-electron chi connectivity index (χ4n) is 3.07. The van der Waals surface area contributed by atoms with Gasteiger partial charge in [0, 0.05) is 43.9 Å². The molecule has 0 bridgehead atoms. The van der Waals surface area contributed by atoms with E-state index >= 15 is 0 Å². The zero-order chi connectivity index (χ0) is 13.2. The van der Waals surface area contributed by atoms with E-state index in [1.54, 1.807) is 0 Å². The van der Waals surface area contributed by atoms with Crippen LogP contribution in [-0.4, -0.2) is 27.2 Å². The van der Waals surface area contributed by atoms with Gasteiger partial charge in [-0.3, -0.25) is 0 Å². The van der Waals surface area contributed by atoms with Gasteiger partial charge in [-0.25, -0.2) is 0 Å². The van der Waals surface area contributed by atoms with Gasteiger partial charge in [-0.2, -0.15) is 0 Å². The van der Waals surface area contributed by atoms with E-state index in [0.717, 1.165) is 0 Å². The minimum Gasteiger partial charge on any atom is -0.377 e. The lowest BCUT2D eigenvalue weighted by molar-refractivity contribution is 0.579. The second-order valence-corrected chi connectivity index (χ2v) is 5.59. The molecule has 0 aliphatic carbocycles. The van der Waals surface area contributed by atoms with Crippen LogP contribution in [0.1, 0.15) is 19.3 Å². The Morgan fingerprint density at radius 1 is 0.895 bits per heavy atom. The van der Waals surface area contributed by atoms with E-state index in [0.29, 0.717) is 0 Å². The highest BCUT2D eigenvalue weighted by Crippen LogP contribution is 2.35. The smallest absolute Gasteiger partial charge is 0.0466 e. The summed E-state index contributed by atoms with van der Waals surface area (Å²) in [6.45, 7) is 2.39. The lowest BCUT2D eigenvalue weighted by Gasteiger charge is -2.31. The number of hydrogen-bond donors (Lipinski definition) is 0. The van der Waals surface area contributed by atoms with Crippen LogP contribution in [0.15, 0.2) is 36.4 Å². The summed E-state index contributed by atoms with van der Waals surface area (Å²) in [5.41, 5.74) is 2.72. The summed E-state index contributed by atoms with van der Waals surface area (Å²) in [5, 5.41) is 2.74. The third kappa shape index (κ3) is 2.27. The molecule has 0 amide bonds. The van der Waals surface area contributed by atoms with Crippen molar-refractivity contribution in [2.24, 2.45) is 0 Å². The van der Waals surface area contributed by atoms with Crippen molar-refractivity contribution in [2.45, 2.75) is 19.3 Å². The van der Waals surface area contributed by atoms with Crippen LogP contribution < -0.4 is 9.80 Å². The molecule has 0 atom stereocenters. The fourth-order valence-corrected chi connectivity index (χ4v) is 3.07. The van der Waals surface area contributed by atoms with E-state index in [9.17, 15) is 0 Å². The van der Waals surface area contributed by atoms with E-state index in [-0.39, 0.29) is 0 Å². The molecular weight excluding hydrogens is 232 g/mol. The lowest BCUT2D eigenvalue weighted by atomic mass is 10.0. The first kappa shape index (κ1) is 12.3. The molecule has 1 aliphatic heterocycles. The van der Waals surface area contributed by atoms with Crippen molar-refractivity contribution >= 4 is 22.1 Å². The normalized spacial score (nSPS) is 15.8. The minimum absolute atomic E-state index is 1.20. The third-order valence-electron chi connectivity index (χ3n) is 4.04. The van der Waals surface area contributed by atoms with Gasteiger partial charge in [0.25, 0.3) is 0 Å². The van der Waals surface area contributed by atoms with Crippen molar-refractivity contribution in [3.8, 4) is 0 Å². The van der Waals surface area contributed by atoms with Gasteiger partial charge in [0.05, 0.1) is 0 Å². The molecule has 0 unspecified atom stereocenters. The topological polar surface area (TPSA) is 6.48 Å². The maximum atomic E-state index is 2.55. The summed E-state index contributed by atoms with van der Waals surface area (Å²) in [5.74, 6) is 0. The predicted molar refractivity (Wildman–Crippen MR) is 84.3 cm³/mol. The van der Waals surface area contributed by atoms with E-state index in [2.05, 4.69) is 60.3 Å². The summed E-state index contributed by atoms with van der Waals surface area (Å²) in [4.78, 5) is 4.77. The predicted octanol–water partition coefficient (Wildman–Crippen LogP) is 3.90. The van der Waals surface area contributed by atoms with Gasteiger partial charge < -0.3 is 9.80 Å². The first-order valence-electron chi connectivity index (χ1n) is 7.21. The molecule has 3 rings (SSSR count). The fraction of sp³-hybridized carbons (Fsp3) is 0.412. The van der Waals surface area contributed by atoms with Crippen LogP contribution in [0.25, 0.3) is 10.8 Å². The highest BCUT2D eigenvalue weighted by Gasteiger charge is 2.15. The Labute approximate surface area is 115 Å². The summed E-state index contributed by atoms with van der Waals surface area (Å²) < 4.78 is 0. The Morgan fingerprint density at radius 3 is 2.26 bits per heavy atom. The molecule has 100 valence electrons. The SMILES string of the molecule is CN(C)c1cccc2cccc(N3CCCCC3)c12. The molecule has 19 heavy (non-hydrogen) atoms. The largest absolute Gasteiger partial charge is 0.377 e. The maximum Gasteiger partial charge on any atom is 0.0466 e. The number of piperidine rings is 1. The quantitative estimate of drug-likeness (QED) is 0.802. The molecule has 2 nitrogen and oxygen atoms in total. The van der Waals surface area contributed by atoms with E-state index in [1.807, 2.05) is 0 Å². The van der Waals surface area contributed by atoms with Gasteiger partial charge >= 0.3 is 0 Å². The second kappa shape index (κ2) is 5.12. The Bertz CT molecular complexity index is 563. The van der Waals surface area contributed by atoms with Crippen molar-refractivity contribution in [2.75, 3.05) is 37.0 Å². The number of rotatable bonds is 2. The average Bonchev–Trinajstić information content (AvgIpc) is 2.46. The van der Waals surface area contributed by atoms with Gasteiger partial charge in [0.15, 0.2) is 0 Å². The van der Waals surface area contributed by atoms with E-state index in [4.69, 9.17) is 0 Å². The molecular formula is C17H22N2. The van der Waals surface area contributed by atoms with Crippen molar-refractivity contribution in [3.63, 3.8) is 0 Å². The molecule has 1 heterocycles. The summed E-state index contributed by atoms with van der Waals surface area (Å²) in [6, 6.07) is 13.3. The molecule has 0 N–H and O–H groups in total. The molecule has 1 saturated heterocycles. The number of fused-ring (bicyclic) bond motifs is 1. The Kier molecular flexibility index (Phi) is 3.33. The lowest BCUT2D eigenvalue weighted by Crippen LogP contribution is -2.29. The van der Waals surface area contributed by atoms with Crippen molar-refractivity contribution in [1.82, 2.24) is 0 Å². The molecule has 0 saturated carbocycles. The van der Waals surface area contributed by atoms with Gasteiger partial charge in [-0.1, -0.05) is 24.3 Å².